The summed E-state index contributed by atoms with van der Waals surface area (Å²) in [7, 11) is 0. The molecule has 90 valence electrons. The van der Waals surface area contributed by atoms with Crippen LogP contribution in [0.25, 0.3) is 0 Å². The van der Waals surface area contributed by atoms with Gasteiger partial charge in [-0.2, -0.15) is 0 Å². The minimum absolute atomic E-state index is 0.0246. The number of hydrogen-bond donors (Lipinski definition) is 1. The van der Waals surface area contributed by atoms with Crippen molar-refractivity contribution in [1.29, 1.82) is 0 Å². The van der Waals surface area contributed by atoms with Gasteiger partial charge in [0.15, 0.2) is 5.82 Å². The van der Waals surface area contributed by atoms with Crippen LogP contribution in [0.1, 0.15) is 45.3 Å². The normalized spacial score (nSPS) is 13.8. The van der Waals surface area contributed by atoms with Gasteiger partial charge in [-0.1, -0.05) is 20.8 Å². The summed E-state index contributed by atoms with van der Waals surface area (Å²) in [5, 5.41) is 0. The summed E-state index contributed by atoms with van der Waals surface area (Å²) in [6, 6.07) is 1.83. The van der Waals surface area contributed by atoms with Crippen molar-refractivity contribution < 1.29 is 4.74 Å². The maximum absolute atomic E-state index is 5.73. The first-order valence-corrected chi connectivity index (χ1v) is 5.62. The zero-order valence-electron chi connectivity index (χ0n) is 10.5. The van der Waals surface area contributed by atoms with Crippen LogP contribution < -0.4 is 5.73 Å². The summed E-state index contributed by atoms with van der Waals surface area (Å²) in [5.74, 6) is 0.720. The average molecular weight is 223 g/mol. The first-order valence-electron chi connectivity index (χ1n) is 5.62. The van der Waals surface area contributed by atoms with Crippen LogP contribution in [0.15, 0.2) is 12.3 Å². The lowest BCUT2D eigenvalue weighted by molar-refractivity contribution is -0.0192. The molecule has 1 aromatic heterocycles. The van der Waals surface area contributed by atoms with Crippen molar-refractivity contribution in [3.8, 4) is 0 Å². The van der Waals surface area contributed by atoms with Crippen molar-refractivity contribution in [1.82, 2.24) is 9.97 Å². The Labute approximate surface area is 97.2 Å². The molecule has 16 heavy (non-hydrogen) atoms. The van der Waals surface area contributed by atoms with Crippen LogP contribution in [-0.4, -0.2) is 16.6 Å². The van der Waals surface area contributed by atoms with E-state index in [-0.39, 0.29) is 11.5 Å². The van der Waals surface area contributed by atoms with Crippen LogP contribution in [0, 0.1) is 5.41 Å². The summed E-state index contributed by atoms with van der Waals surface area (Å²) in [4.78, 5) is 8.70. The van der Waals surface area contributed by atoms with Crippen LogP contribution in [0.3, 0.4) is 0 Å². The second kappa shape index (κ2) is 5.37. The molecule has 2 N–H and O–H groups in total. The van der Waals surface area contributed by atoms with Crippen LogP contribution in [0.4, 0.5) is 0 Å². The molecule has 0 aliphatic heterocycles. The smallest absolute Gasteiger partial charge is 0.157 e. The highest BCUT2D eigenvalue weighted by molar-refractivity contribution is 5.05. The van der Waals surface area contributed by atoms with Gasteiger partial charge in [0.25, 0.3) is 0 Å². The van der Waals surface area contributed by atoms with Gasteiger partial charge in [0.2, 0.25) is 0 Å². The number of nitrogens with zero attached hydrogens (tertiary/aromatic N) is 2. The molecule has 4 nitrogen and oxygen atoms in total. The third-order valence-corrected chi connectivity index (χ3v) is 2.30. The molecule has 1 atom stereocenters. The Kier molecular flexibility index (Phi) is 4.38. The minimum Gasteiger partial charge on any atom is -0.370 e. The van der Waals surface area contributed by atoms with Gasteiger partial charge >= 0.3 is 0 Å². The fourth-order valence-corrected chi connectivity index (χ4v) is 1.53. The van der Waals surface area contributed by atoms with Gasteiger partial charge in [-0.25, -0.2) is 9.97 Å². The highest BCUT2D eigenvalue weighted by Gasteiger charge is 2.29. The van der Waals surface area contributed by atoms with Crippen molar-refractivity contribution >= 4 is 0 Å². The highest BCUT2D eigenvalue weighted by Crippen LogP contribution is 2.33. The summed E-state index contributed by atoms with van der Waals surface area (Å²) in [6.45, 7) is 9.41. The molecule has 0 bridgehead atoms. The van der Waals surface area contributed by atoms with Crippen molar-refractivity contribution in [2.24, 2.45) is 11.1 Å². The first-order chi connectivity index (χ1) is 7.49. The Morgan fingerprint density at radius 1 is 1.44 bits per heavy atom. The van der Waals surface area contributed by atoms with Crippen molar-refractivity contribution in [3.05, 3.63) is 23.8 Å². The molecule has 0 fully saturated rings. The molecular weight excluding hydrogens is 202 g/mol. The monoisotopic (exact) mass is 223 g/mol. The Balaban J connectivity index is 3.01. The predicted molar refractivity (Wildman–Crippen MR) is 63.7 cm³/mol. The summed E-state index contributed by atoms with van der Waals surface area (Å²) < 4.78 is 5.73. The van der Waals surface area contributed by atoms with Gasteiger partial charge in [0, 0.05) is 19.3 Å². The number of ether oxygens (including phenoxy) is 1. The average Bonchev–Trinajstić information content (AvgIpc) is 2.24. The Morgan fingerprint density at radius 3 is 2.62 bits per heavy atom. The fourth-order valence-electron chi connectivity index (χ4n) is 1.53. The highest BCUT2D eigenvalue weighted by atomic mass is 16.5. The molecule has 1 heterocycles. The number of rotatable bonds is 4. The first kappa shape index (κ1) is 13.1. The van der Waals surface area contributed by atoms with Gasteiger partial charge in [0.05, 0.1) is 5.69 Å². The van der Waals surface area contributed by atoms with E-state index < -0.39 is 0 Å². The Bertz CT molecular complexity index is 333. The summed E-state index contributed by atoms with van der Waals surface area (Å²) >= 11 is 0. The largest absolute Gasteiger partial charge is 0.370 e. The third kappa shape index (κ3) is 3.25. The molecule has 0 saturated heterocycles. The van der Waals surface area contributed by atoms with E-state index >= 15 is 0 Å². The molecule has 0 spiro atoms. The van der Waals surface area contributed by atoms with Gasteiger partial charge in [0.1, 0.15) is 6.10 Å². The van der Waals surface area contributed by atoms with Crippen molar-refractivity contribution in [2.45, 2.75) is 40.3 Å². The SMILES string of the molecule is CCOC(c1nccc(CN)n1)C(C)(C)C. The zero-order chi connectivity index (χ0) is 12.2. The zero-order valence-corrected chi connectivity index (χ0v) is 10.5. The lowest BCUT2D eigenvalue weighted by atomic mass is 9.88. The molecule has 4 heteroatoms. The lowest BCUT2D eigenvalue weighted by Gasteiger charge is -2.29. The third-order valence-electron chi connectivity index (χ3n) is 2.30. The van der Waals surface area contributed by atoms with E-state index in [9.17, 15) is 0 Å². The van der Waals surface area contributed by atoms with Gasteiger partial charge in [-0.3, -0.25) is 0 Å². The second-order valence-corrected chi connectivity index (χ2v) is 4.81. The van der Waals surface area contributed by atoms with Crippen LogP contribution >= 0.6 is 0 Å². The van der Waals surface area contributed by atoms with Gasteiger partial charge < -0.3 is 10.5 Å². The van der Waals surface area contributed by atoms with Gasteiger partial charge in [-0.05, 0) is 18.4 Å². The molecule has 0 aliphatic carbocycles. The maximum Gasteiger partial charge on any atom is 0.157 e. The van der Waals surface area contributed by atoms with Gasteiger partial charge in [-0.15, -0.1) is 0 Å². The molecule has 0 aliphatic rings. The number of aromatic nitrogens is 2. The van der Waals surface area contributed by atoms with E-state index in [1.165, 1.54) is 0 Å². The quantitative estimate of drug-likeness (QED) is 0.848. The predicted octanol–water partition coefficient (Wildman–Crippen LogP) is 2.06. The molecule has 1 rings (SSSR count). The Morgan fingerprint density at radius 2 is 2.12 bits per heavy atom. The fraction of sp³-hybridized carbons (Fsp3) is 0.667. The maximum atomic E-state index is 5.73. The molecule has 0 aromatic carbocycles. The van der Waals surface area contributed by atoms with Crippen LogP contribution in [-0.2, 0) is 11.3 Å². The standard InChI is InChI=1S/C12H21N3O/c1-5-16-10(12(2,3)4)11-14-7-6-9(8-13)15-11/h6-7,10H,5,8,13H2,1-4H3. The van der Waals surface area contributed by atoms with Crippen molar-refractivity contribution in [3.63, 3.8) is 0 Å². The van der Waals surface area contributed by atoms with Crippen molar-refractivity contribution in [2.75, 3.05) is 6.61 Å². The second-order valence-electron chi connectivity index (χ2n) is 4.81. The summed E-state index contributed by atoms with van der Waals surface area (Å²) in [6.07, 6.45) is 1.64. The molecule has 1 unspecified atom stereocenters. The summed E-state index contributed by atoms with van der Waals surface area (Å²) in [5.41, 5.74) is 6.39. The van der Waals surface area contributed by atoms with E-state index in [0.717, 1.165) is 11.5 Å². The molecule has 1 aromatic rings. The van der Waals surface area contributed by atoms with E-state index in [1.54, 1.807) is 6.20 Å². The molecule has 0 saturated carbocycles. The van der Waals surface area contributed by atoms with E-state index in [4.69, 9.17) is 10.5 Å². The lowest BCUT2D eigenvalue weighted by Crippen LogP contribution is -2.24. The van der Waals surface area contributed by atoms with E-state index in [1.807, 2.05) is 13.0 Å². The molecule has 0 radical (unpaired) electrons. The van der Waals surface area contributed by atoms with Crippen LogP contribution in [0.2, 0.25) is 0 Å². The minimum atomic E-state index is -0.0935. The van der Waals surface area contributed by atoms with E-state index in [2.05, 4.69) is 30.7 Å². The molecular formula is C12H21N3O. The van der Waals surface area contributed by atoms with Crippen LogP contribution in [0.5, 0.6) is 0 Å². The number of nitrogens with two attached hydrogens (primary N) is 1. The topological polar surface area (TPSA) is 61.0 Å². The molecule has 0 amide bonds. The Hall–Kier alpha value is -1.00. The number of hydrogen-bond acceptors (Lipinski definition) is 4. The van der Waals surface area contributed by atoms with E-state index in [0.29, 0.717) is 13.2 Å².